The smallest absolute Gasteiger partial charge is 0.268 e. The lowest BCUT2D eigenvalue weighted by Gasteiger charge is -2.11. The maximum atomic E-state index is 6.52. The van der Waals surface area contributed by atoms with Gasteiger partial charge in [-0.15, -0.1) is 10.2 Å². The zero-order valence-corrected chi connectivity index (χ0v) is 18.8. The summed E-state index contributed by atoms with van der Waals surface area (Å²) in [4.78, 5) is 0. The van der Waals surface area contributed by atoms with Crippen LogP contribution in [0.15, 0.2) is 52.9 Å². The van der Waals surface area contributed by atoms with Crippen LogP contribution in [0.4, 0.5) is 0 Å². The summed E-state index contributed by atoms with van der Waals surface area (Å²) >= 11 is 12.6. The molecule has 4 rings (SSSR count). The molecule has 154 valence electrons. The van der Waals surface area contributed by atoms with Gasteiger partial charge in [-0.2, -0.15) is 5.10 Å². The van der Waals surface area contributed by atoms with Gasteiger partial charge in [0.25, 0.3) is 5.89 Å². The van der Waals surface area contributed by atoms with Crippen LogP contribution in [-0.4, -0.2) is 20.0 Å². The van der Waals surface area contributed by atoms with E-state index in [0.29, 0.717) is 27.5 Å². The molecule has 0 saturated heterocycles. The first kappa shape index (κ1) is 20.6. The van der Waals surface area contributed by atoms with Crippen LogP contribution in [0.2, 0.25) is 10.0 Å². The Bertz CT molecular complexity index is 1190. The van der Waals surface area contributed by atoms with Gasteiger partial charge in [-0.1, -0.05) is 75.2 Å². The molecule has 2 aromatic carbocycles. The van der Waals surface area contributed by atoms with Crippen LogP contribution in [0.5, 0.6) is 0 Å². The summed E-state index contributed by atoms with van der Waals surface area (Å²) in [6.07, 6.45) is 0.727. The molecule has 0 radical (unpaired) electrons. The second-order valence-corrected chi connectivity index (χ2v) is 8.91. The molecule has 0 unspecified atom stereocenters. The van der Waals surface area contributed by atoms with E-state index in [0.717, 1.165) is 28.9 Å². The number of halogens is 2. The summed E-state index contributed by atoms with van der Waals surface area (Å²) < 4.78 is 7.86. The normalized spacial score (nSPS) is 11.8. The molecule has 2 heterocycles. The Morgan fingerprint density at radius 1 is 0.967 bits per heavy atom. The van der Waals surface area contributed by atoms with Crippen molar-refractivity contribution >= 4 is 23.2 Å². The second kappa shape index (κ2) is 7.89. The van der Waals surface area contributed by atoms with Crippen LogP contribution in [0.1, 0.15) is 39.1 Å². The maximum Gasteiger partial charge on any atom is 0.268 e. The Morgan fingerprint density at radius 2 is 1.67 bits per heavy atom. The monoisotopic (exact) mass is 440 g/mol. The largest absolute Gasteiger partial charge is 0.419 e. The average molecular weight is 441 g/mol. The Labute approximate surface area is 185 Å². The minimum atomic E-state index is -0.248. The third kappa shape index (κ3) is 3.75. The molecule has 0 atom stereocenters. The fraction of sp³-hybridized carbons (Fsp3) is 0.261. The third-order valence-electron chi connectivity index (χ3n) is 4.80. The van der Waals surface area contributed by atoms with Crippen LogP contribution in [-0.2, 0) is 11.8 Å². The zero-order chi connectivity index (χ0) is 21.5. The van der Waals surface area contributed by atoms with Gasteiger partial charge in [-0.3, -0.25) is 0 Å². The van der Waals surface area contributed by atoms with E-state index >= 15 is 0 Å². The van der Waals surface area contributed by atoms with Crippen molar-refractivity contribution < 1.29 is 4.42 Å². The molecule has 0 amide bonds. The zero-order valence-electron chi connectivity index (χ0n) is 17.3. The average Bonchev–Trinajstić information content (AvgIpc) is 3.33. The first-order valence-electron chi connectivity index (χ1n) is 9.76. The number of benzene rings is 2. The predicted octanol–water partition coefficient (Wildman–Crippen LogP) is 6.76. The third-order valence-corrected chi connectivity index (χ3v) is 5.38. The highest BCUT2D eigenvalue weighted by atomic mass is 35.5. The summed E-state index contributed by atoms with van der Waals surface area (Å²) in [5.41, 5.74) is 4.09. The SMILES string of the molecule is CCc1c(-c2nnc(C(C)(C)C)o2)nn(-c2ccccc2Cl)c1-c1ccc(Cl)cc1. The van der Waals surface area contributed by atoms with E-state index in [1.54, 1.807) is 0 Å². The fourth-order valence-electron chi connectivity index (χ4n) is 3.28. The number of hydrogen-bond donors (Lipinski definition) is 0. The van der Waals surface area contributed by atoms with Crippen molar-refractivity contribution in [1.82, 2.24) is 20.0 Å². The van der Waals surface area contributed by atoms with Gasteiger partial charge in [0, 0.05) is 21.6 Å². The Balaban J connectivity index is 1.99. The molecule has 30 heavy (non-hydrogen) atoms. The lowest BCUT2D eigenvalue weighted by molar-refractivity contribution is 0.398. The summed E-state index contributed by atoms with van der Waals surface area (Å²) in [5.74, 6) is 0.970. The molecular weight excluding hydrogens is 419 g/mol. The summed E-state index contributed by atoms with van der Waals surface area (Å²) in [5, 5.41) is 14.7. The Hall–Kier alpha value is -2.63. The second-order valence-electron chi connectivity index (χ2n) is 8.06. The van der Waals surface area contributed by atoms with Gasteiger partial charge in [0.05, 0.1) is 16.4 Å². The van der Waals surface area contributed by atoms with Crippen LogP contribution < -0.4 is 0 Å². The van der Waals surface area contributed by atoms with Crippen molar-refractivity contribution in [3.8, 4) is 28.5 Å². The van der Waals surface area contributed by atoms with Gasteiger partial charge < -0.3 is 4.42 Å². The first-order chi connectivity index (χ1) is 14.3. The van der Waals surface area contributed by atoms with E-state index in [4.69, 9.17) is 32.7 Å². The van der Waals surface area contributed by atoms with Crippen LogP contribution in [0, 0.1) is 0 Å². The molecule has 0 fully saturated rings. The molecule has 0 aliphatic rings. The molecule has 7 heteroatoms. The number of para-hydroxylation sites is 1. The van der Waals surface area contributed by atoms with E-state index < -0.39 is 0 Å². The molecule has 0 spiro atoms. The van der Waals surface area contributed by atoms with Crippen molar-refractivity contribution in [1.29, 1.82) is 0 Å². The summed E-state index contributed by atoms with van der Waals surface area (Å²) in [6.45, 7) is 8.18. The standard InChI is InChI=1S/C23H22Cl2N4O/c1-5-16-19(21-26-27-22(30-21)23(2,3)4)28-29(18-9-7-6-8-17(18)25)20(16)14-10-12-15(24)13-11-14/h6-13H,5H2,1-4H3. The number of rotatable bonds is 4. The van der Waals surface area contributed by atoms with E-state index in [9.17, 15) is 0 Å². The van der Waals surface area contributed by atoms with Gasteiger partial charge in [0.2, 0.25) is 5.89 Å². The molecule has 2 aromatic heterocycles. The van der Waals surface area contributed by atoms with Gasteiger partial charge >= 0.3 is 0 Å². The van der Waals surface area contributed by atoms with Crippen molar-refractivity contribution in [3.05, 3.63) is 70.0 Å². The highest BCUT2D eigenvalue weighted by Gasteiger charge is 2.27. The maximum absolute atomic E-state index is 6.52. The molecule has 4 aromatic rings. The summed E-state index contributed by atoms with van der Waals surface area (Å²) in [7, 11) is 0. The van der Waals surface area contributed by atoms with Gasteiger partial charge in [0.15, 0.2) is 5.69 Å². The van der Waals surface area contributed by atoms with Gasteiger partial charge in [-0.05, 0) is 30.7 Å². The van der Waals surface area contributed by atoms with Crippen molar-refractivity contribution in [2.75, 3.05) is 0 Å². The van der Waals surface area contributed by atoms with Crippen molar-refractivity contribution in [3.63, 3.8) is 0 Å². The van der Waals surface area contributed by atoms with E-state index in [1.165, 1.54) is 0 Å². The molecular formula is C23H22Cl2N4O. The van der Waals surface area contributed by atoms with Gasteiger partial charge in [0.1, 0.15) is 0 Å². The topological polar surface area (TPSA) is 56.7 Å². The predicted molar refractivity (Wildman–Crippen MR) is 120 cm³/mol. The molecule has 0 saturated carbocycles. The molecule has 0 bridgehead atoms. The van der Waals surface area contributed by atoms with E-state index in [1.807, 2.05) is 74.0 Å². The quantitative estimate of drug-likeness (QED) is 0.351. The lowest BCUT2D eigenvalue weighted by Crippen LogP contribution is -2.11. The van der Waals surface area contributed by atoms with Crippen molar-refractivity contribution in [2.45, 2.75) is 39.5 Å². The number of nitrogens with zero attached hydrogens (tertiary/aromatic N) is 4. The van der Waals surface area contributed by atoms with Crippen LogP contribution in [0.3, 0.4) is 0 Å². The highest BCUT2D eigenvalue weighted by Crippen LogP contribution is 2.37. The fourth-order valence-corrected chi connectivity index (χ4v) is 3.62. The van der Waals surface area contributed by atoms with Crippen LogP contribution >= 0.6 is 23.2 Å². The first-order valence-corrected chi connectivity index (χ1v) is 10.5. The molecule has 0 aliphatic heterocycles. The van der Waals surface area contributed by atoms with Gasteiger partial charge in [-0.25, -0.2) is 4.68 Å². The Kier molecular flexibility index (Phi) is 5.43. The minimum absolute atomic E-state index is 0.248. The number of hydrogen-bond acceptors (Lipinski definition) is 4. The van der Waals surface area contributed by atoms with E-state index in [-0.39, 0.29) is 5.41 Å². The summed E-state index contributed by atoms with van der Waals surface area (Å²) in [6, 6.07) is 15.3. The Morgan fingerprint density at radius 3 is 2.27 bits per heavy atom. The van der Waals surface area contributed by atoms with Crippen molar-refractivity contribution in [2.24, 2.45) is 0 Å². The molecule has 0 aliphatic carbocycles. The van der Waals surface area contributed by atoms with E-state index in [2.05, 4.69) is 17.1 Å². The number of aromatic nitrogens is 4. The molecule has 0 N–H and O–H groups in total. The molecule has 5 nitrogen and oxygen atoms in total. The highest BCUT2D eigenvalue weighted by molar-refractivity contribution is 6.32. The minimum Gasteiger partial charge on any atom is -0.419 e. The van der Waals surface area contributed by atoms with Crippen LogP contribution in [0.25, 0.3) is 28.5 Å². The lowest BCUT2D eigenvalue weighted by atomic mass is 9.97.